The normalized spacial score (nSPS) is 11.4. The maximum atomic E-state index is 12.5. The molecule has 0 saturated heterocycles. The summed E-state index contributed by atoms with van der Waals surface area (Å²) in [4.78, 5) is 37.1. The molecule has 2 N–H and O–H groups in total. The first-order chi connectivity index (χ1) is 13.3. The van der Waals surface area contributed by atoms with Crippen LogP contribution in [0.1, 0.15) is 26.3 Å². The van der Waals surface area contributed by atoms with Gasteiger partial charge in [-0.1, -0.05) is 23.7 Å². The molecular formula is C20H22ClN2O5+. The van der Waals surface area contributed by atoms with Crippen molar-refractivity contribution in [3.05, 3.63) is 64.2 Å². The number of likely N-dealkylation sites (N-methyl/N-ethyl adjacent to an activating group) is 1. The van der Waals surface area contributed by atoms with Gasteiger partial charge in [0.15, 0.2) is 6.54 Å². The van der Waals surface area contributed by atoms with E-state index < -0.39 is 11.9 Å². The Morgan fingerprint density at radius 2 is 1.64 bits per heavy atom. The third-order valence-electron chi connectivity index (χ3n) is 4.00. The van der Waals surface area contributed by atoms with Crippen molar-refractivity contribution < 1.29 is 28.8 Å². The van der Waals surface area contributed by atoms with E-state index in [1.807, 2.05) is 19.2 Å². The number of carbonyl (C=O) groups is 3. The SMILES string of the molecule is COC(=O)c1ccc(C(=O)OC)c(NC(=O)C[NH+](C)Cc2ccc(Cl)cc2)c1. The summed E-state index contributed by atoms with van der Waals surface area (Å²) in [6, 6.07) is 11.6. The van der Waals surface area contributed by atoms with Gasteiger partial charge in [0.25, 0.3) is 5.91 Å². The Bertz CT molecular complexity index is 867. The van der Waals surface area contributed by atoms with Crippen molar-refractivity contribution in [2.75, 3.05) is 33.1 Å². The largest absolute Gasteiger partial charge is 0.465 e. The summed E-state index contributed by atoms with van der Waals surface area (Å²) in [6.07, 6.45) is 0. The Hall–Kier alpha value is -2.90. The Labute approximate surface area is 168 Å². The van der Waals surface area contributed by atoms with E-state index in [2.05, 4.69) is 10.1 Å². The fourth-order valence-corrected chi connectivity index (χ4v) is 2.79. The van der Waals surface area contributed by atoms with Gasteiger partial charge < -0.3 is 19.7 Å². The number of quaternary nitrogens is 1. The Kier molecular flexibility index (Phi) is 7.54. The third kappa shape index (κ3) is 5.80. The van der Waals surface area contributed by atoms with Gasteiger partial charge >= 0.3 is 11.9 Å². The highest BCUT2D eigenvalue weighted by Gasteiger charge is 2.19. The minimum Gasteiger partial charge on any atom is -0.465 e. The smallest absolute Gasteiger partial charge is 0.339 e. The molecule has 1 unspecified atom stereocenters. The first-order valence-corrected chi connectivity index (χ1v) is 8.88. The van der Waals surface area contributed by atoms with Crippen molar-refractivity contribution in [1.29, 1.82) is 0 Å². The lowest BCUT2D eigenvalue weighted by atomic mass is 10.1. The lowest BCUT2D eigenvalue weighted by Gasteiger charge is -2.15. The summed E-state index contributed by atoms with van der Waals surface area (Å²) in [6.45, 7) is 0.780. The number of anilines is 1. The van der Waals surface area contributed by atoms with Gasteiger partial charge in [-0.3, -0.25) is 4.79 Å². The number of methoxy groups -OCH3 is 2. The van der Waals surface area contributed by atoms with Crippen LogP contribution in [0.15, 0.2) is 42.5 Å². The molecule has 1 amide bonds. The van der Waals surface area contributed by atoms with Crippen molar-refractivity contribution in [2.45, 2.75) is 6.54 Å². The zero-order chi connectivity index (χ0) is 20.7. The van der Waals surface area contributed by atoms with Gasteiger partial charge in [0, 0.05) is 10.6 Å². The molecule has 0 aliphatic heterocycles. The Morgan fingerprint density at radius 1 is 1.00 bits per heavy atom. The first kappa shape index (κ1) is 21.4. The van der Waals surface area contributed by atoms with E-state index in [-0.39, 0.29) is 29.3 Å². The van der Waals surface area contributed by atoms with Crippen LogP contribution in [0.2, 0.25) is 5.02 Å². The lowest BCUT2D eigenvalue weighted by molar-refractivity contribution is -0.885. The number of halogens is 1. The fourth-order valence-electron chi connectivity index (χ4n) is 2.66. The van der Waals surface area contributed by atoms with Gasteiger partial charge in [0.05, 0.1) is 38.1 Å². The molecule has 28 heavy (non-hydrogen) atoms. The number of rotatable bonds is 7. The van der Waals surface area contributed by atoms with Crippen LogP contribution in [-0.4, -0.2) is 45.7 Å². The molecular weight excluding hydrogens is 384 g/mol. The van der Waals surface area contributed by atoms with E-state index in [1.54, 1.807) is 12.1 Å². The summed E-state index contributed by atoms with van der Waals surface area (Å²) < 4.78 is 9.41. The lowest BCUT2D eigenvalue weighted by Crippen LogP contribution is -3.08. The van der Waals surface area contributed by atoms with Crippen LogP contribution < -0.4 is 10.2 Å². The molecule has 2 aromatic carbocycles. The van der Waals surface area contributed by atoms with Crippen LogP contribution in [0, 0.1) is 0 Å². The minimum absolute atomic E-state index is 0.152. The van der Waals surface area contributed by atoms with Crippen LogP contribution in [0.5, 0.6) is 0 Å². The first-order valence-electron chi connectivity index (χ1n) is 8.50. The number of hydrogen-bond donors (Lipinski definition) is 2. The fraction of sp³-hybridized carbons (Fsp3) is 0.250. The molecule has 0 aliphatic rings. The molecule has 1 atom stereocenters. The van der Waals surface area contributed by atoms with Crippen LogP contribution >= 0.6 is 11.6 Å². The van der Waals surface area contributed by atoms with Crippen molar-refractivity contribution in [1.82, 2.24) is 0 Å². The number of amides is 1. The summed E-state index contributed by atoms with van der Waals surface area (Å²) in [5.41, 5.74) is 1.60. The van der Waals surface area contributed by atoms with Gasteiger partial charge in [-0.05, 0) is 30.3 Å². The molecule has 0 aromatic heterocycles. The molecule has 0 aliphatic carbocycles. The monoisotopic (exact) mass is 405 g/mol. The van der Waals surface area contributed by atoms with Gasteiger partial charge in [-0.2, -0.15) is 0 Å². The van der Waals surface area contributed by atoms with Gasteiger partial charge in [0.2, 0.25) is 0 Å². The molecule has 0 radical (unpaired) electrons. The average Bonchev–Trinajstić information content (AvgIpc) is 2.68. The van der Waals surface area contributed by atoms with Crippen molar-refractivity contribution in [3.63, 3.8) is 0 Å². The van der Waals surface area contributed by atoms with E-state index in [9.17, 15) is 14.4 Å². The number of nitrogens with one attached hydrogen (secondary N) is 2. The molecule has 0 saturated carbocycles. The quantitative estimate of drug-likeness (QED) is 0.683. The van der Waals surface area contributed by atoms with Gasteiger partial charge in [-0.25, -0.2) is 9.59 Å². The highest BCUT2D eigenvalue weighted by atomic mass is 35.5. The van der Waals surface area contributed by atoms with E-state index >= 15 is 0 Å². The van der Waals surface area contributed by atoms with Crippen molar-refractivity contribution >= 4 is 35.1 Å². The van der Waals surface area contributed by atoms with E-state index in [4.69, 9.17) is 16.3 Å². The molecule has 8 heteroatoms. The molecule has 0 bridgehead atoms. The minimum atomic E-state index is -0.617. The number of carbonyl (C=O) groups excluding carboxylic acids is 3. The zero-order valence-electron chi connectivity index (χ0n) is 15.9. The maximum absolute atomic E-state index is 12.5. The van der Waals surface area contributed by atoms with E-state index in [0.717, 1.165) is 10.5 Å². The highest BCUT2D eigenvalue weighted by molar-refractivity contribution is 6.30. The molecule has 0 fully saturated rings. The highest BCUT2D eigenvalue weighted by Crippen LogP contribution is 2.19. The third-order valence-corrected chi connectivity index (χ3v) is 4.25. The van der Waals surface area contributed by atoms with Crippen LogP contribution in [-0.2, 0) is 20.8 Å². The number of benzene rings is 2. The average molecular weight is 406 g/mol. The summed E-state index contributed by atoms with van der Waals surface area (Å²) in [5, 5.41) is 3.33. The summed E-state index contributed by atoms with van der Waals surface area (Å²) in [7, 11) is 4.37. The Balaban J connectivity index is 2.11. The van der Waals surface area contributed by atoms with Crippen LogP contribution in [0.4, 0.5) is 5.69 Å². The zero-order valence-corrected chi connectivity index (χ0v) is 16.6. The van der Waals surface area contributed by atoms with E-state index in [0.29, 0.717) is 11.6 Å². The number of esters is 2. The molecule has 0 heterocycles. The number of hydrogen-bond acceptors (Lipinski definition) is 5. The molecule has 148 valence electrons. The van der Waals surface area contributed by atoms with Crippen molar-refractivity contribution in [3.8, 4) is 0 Å². The summed E-state index contributed by atoms with van der Waals surface area (Å²) in [5.74, 6) is -1.50. The second-order valence-corrected chi connectivity index (χ2v) is 6.67. The van der Waals surface area contributed by atoms with Crippen LogP contribution in [0.25, 0.3) is 0 Å². The maximum Gasteiger partial charge on any atom is 0.339 e. The molecule has 2 aromatic rings. The molecule has 2 rings (SSSR count). The molecule has 0 spiro atoms. The topological polar surface area (TPSA) is 86.1 Å². The number of ether oxygens (including phenoxy) is 2. The van der Waals surface area contributed by atoms with E-state index in [1.165, 1.54) is 32.4 Å². The predicted octanol–water partition coefficient (Wildman–Crippen LogP) is 1.57. The predicted molar refractivity (Wildman–Crippen MR) is 105 cm³/mol. The standard InChI is InChI=1S/C20H21ClN2O5/c1-23(11-13-4-7-15(21)8-5-13)12-18(24)22-17-10-14(19(25)27-2)6-9-16(17)20(26)28-3/h4-10H,11-12H2,1-3H3,(H,22,24)/p+1. The van der Waals surface area contributed by atoms with Crippen LogP contribution in [0.3, 0.4) is 0 Å². The summed E-state index contributed by atoms with van der Waals surface area (Å²) >= 11 is 5.88. The van der Waals surface area contributed by atoms with Gasteiger partial charge in [0.1, 0.15) is 6.54 Å². The second kappa shape index (κ2) is 9.87. The second-order valence-electron chi connectivity index (χ2n) is 6.23. The molecule has 7 nitrogen and oxygen atoms in total. The van der Waals surface area contributed by atoms with Gasteiger partial charge in [-0.15, -0.1) is 0 Å². The van der Waals surface area contributed by atoms with Crippen molar-refractivity contribution in [2.24, 2.45) is 0 Å². The Morgan fingerprint density at radius 3 is 2.25 bits per heavy atom.